The van der Waals surface area contributed by atoms with Gasteiger partial charge in [-0.3, -0.25) is 4.79 Å². The summed E-state index contributed by atoms with van der Waals surface area (Å²) in [6.07, 6.45) is 2.36. The number of ether oxygens (including phenoxy) is 1. The summed E-state index contributed by atoms with van der Waals surface area (Å²) in [7, 11) is 0. The van der Waals surface area contributed by atoms with Gasteiger partial charge in [0.25, 0.3) is 0 Å². The zero-order valence-electron chi connectivity index (χ0n) is 7.01. The fourth-order valence-electron chi connectivity index (χ4n) is 0.731. The van der Waals surface area contributed by atoms with Gasteiger partial charge in [0.15, 0.2) is 0 Å². The van der Waals surface area contributed by atoms with Gasteiger partial charge in [-0.2, -0.15) is 0 Å². The van der Waals surface area contributed by atoms with Crippen molar-refractivity contribution in [2.45, 2.75) is 32.2 Å². The van der Waals surface area contributed by atoms with Crippen LogP contribution in [0.15, 0.2) is 0 Å². The summed E-state index contributed by atoms with van der Waals surface area (Å²) in [6, 6.07) is -0.461. The molecule has 0 aliphatic heterocycles. The van der Waals surface area contributed by atoms with E-state index < -0.39 is 6.04 Å². The van der Waals surface area contributed by atoms with E-state index in [1.807, 2.05) is 0 Å². The van der Waals surface area contributed by atoms with Crippen LogP contribution in [0, 0.1) is 6.92 Å². The van der Waals surface area contributed by atoms with Crippen molar-refractivity contribution in [1.82, 2.24) is 0 Å². The van der Waals surface area contributed by atoms with E-state index in [0.717, 1.165) is 12.8 Å². The molecule has 0 fully saturated rings. The summed E-state index contributed by atoms with van der Waals surface area (Å²) in [5.74, 6) is -0.305. The highest BCUT2D eigenvalue weighted by Gasteiger charge is 2.12. The largest absolute Gasteiger partial charge is 0.465 e. The Bertz CT molecular complexity index is 115. The zero-order chi connectivity index (χ0) is 8.69. The van der Waals surface area contributed by atoms with Gasteiger partial charge >= 0.3 is 5.97 Å². The number of unbranched alkanes of at least 4 members (excludes halogenated alkanes) is 1. The zero-order valence-corrected chi connectivity index (χ0v) is 7.01. The van der Waals surface area contributed by atoms with Gasteiger partial charge in [0.05, 0.1) is 6.61 Å². The fraction of sp³-hybridized carbons (Fsp3) is 0.750. The standard InChI is InChI=1S/C8H16NO2/c1-3-5-6-7(9)8(10)11-4-2/h7H,1,3-6,9H2,2H3. The van der Waals surface area contributed by atoms with Crippen LogP contribution in [0.1, 0.15) is 26.2 Å². The minimum Gasteiger partial charge on any atom is -0.465 e. The number of nitrogens with two attached hydrogens (primary N) is 1. The maximum Gasteiger partial charge on any atom is 0.322 e. The summed E-state index contributed by atoms with van der Waals surface area (Å²) in [5.41, 5.74) is 5.49. The van der Waals surface area contributed by atoms with Crippen molar-refractivity contribution in [3.63, 3.8) is 0 Å². The van der Waals surface area contributed by atoms with Crippen LogP contribution in [0.4, 0.5) is 0 Å². The third-order valence-electron chi connectivity index (χ3n) is 1.35. The fourth-order valence-corrected chi connectivity index (χ4v) is 0.731. The molecule has 65 valence electrons. The minimum absolute atomic E-state index is 0.305. The summed E-state index contributed by atoms with van der Waals surface area (Å²) < 4.78 is 4.72. The number of carbonyl (C=O) groups is 1. The first-order valence-corrected chi connectivity index (χ1v) is 3.93. The Labute approximate surface area is 67.9 Å². The quantitative estimate of drug-likeness (QED) is 0.604. The summed E-state index contributed by atoms with van der Waals surface area (Å²) in [5, 5.41) is 0. The first-order valence-electron chi connectivity index (χ1n) is 3.93. The lowest BCUT2D eigenvalue weighted by Crippen LogP contribution is -2.32. The van der Waals surface area contributed by atoms with E-state index in [0.29, 0.717) is 13.0 Å². The van der Waals surface area contributed by atoms with Gasteiger partial charge in [-0.05, 0) is 13.3 Å². The molecule has 0 saturated carbocycles. The van der Waals surface area contributed by atoms with E-state index in [1.54, 1.807) is 6.92 Å². The molecule has 0 bridgehead atoms. The highest BCUT2D eigenvalue weighted by atomic mass is 16.5. The number of esters is 1. The Hall–Kier alpha value is -0.570. The third-order valence-corrected chi connectivity index (χ3v) is 1.35. The van der Waals surface area contributed by atoms with Gasteiger partial charge in [0.2, 0.25) is 0 Å². The lowest BCUT2D eigenvalue weighted by molar-refractivity contribution is -0.144. The number of rotatable bonds is 5. The van der Waals surface area contributed by atoms with Crippen LogP contribution in [0.25, 0.3) is 0 Å². The van der Waals surface area contributed by atoms with Crippen LogP contribution in [0.5, 0.6) is 0 Å². The molecule has 0 aromatic rings. The Morgan fingerprint density at radius 1 is 1.73 bits per heavy atom. The van der Waals surface area contributed by atoms with Gasteiger partial charge in [0.1, 0.15) is 6.04 Å². The van der Waals surface area contributed by atoms with Gasteiger partial charge in [-0.25, -0.2) is 0 Å². The van der Waals surface area contributed by atoms with Crippen molar-refractivity contribution >= 4 is 5.97 Å². The number of hydrogen-bond donors (Lipinski definition) is 1. The molecule has 1 unspecified atom stereocenters. The maximum atomic E-state index is 10.9. The van der Waals surface area contributed by atoms with E-state index in [9.17, 15) is 4.79 Å². The van der Waals surface area contributed by atoms with Crippen molar-refractivity contribution in [1.29, 1.82) is 0 Å². The maximum absolute atomic E-state index is 10.9. The van der Waals surface area contributed by atoms with Gasteiger partial charge in [0, 0.05) is 0 Å². The molecule has 0 saturated heterocycles. The second-order valence-electron chi connectivity index (χ2n) is 2.35. The van der Waals surface area contributed by atoms with Crippen LogP contribution in [0.3, 0.4) is 0 Å². The molecule has 0 aromatic carbocycles. The molecule has 2 N–H and O–H groups in total. The average Bonchev–Trinajstić information content (AvgIpc) is 2.00. The van der Waals surface area contributed by atoms with Crippen molar-refractivity contribution in [3.05, 3.63) is 6.92 Å². The first kappa shape index (κ1) is 10.4. The summed E-state index contributed by atoms with van der Waals surface area (Å²) >= 11 is 0. The smallest absolute Gasteiger partial charge is 0.322 e. The first-order chi connectivity index (χ1) is 5.22. The second kappa shape index (κ2) is 6.16. The number of hydrogen-bond acceptors (Lipinski definition) is 3. The lowest BCUT2D eigenvalue weighted by Gasteiger charge is -2.08. The Balaban J connectivity index is 3.46. The van der Waals surface area contributed by atoms with E-state index in [1.165, 1.54) is 0 Å². The van der Waals surface area contributed by atoms with Crippen molar-refractivity contribution in [2.75, 3.05) is 6.61 Å². The van der Waals surface area contributed by atoms with E-state index >= 15 is 0 Å². The van der Waals surface area contributed by atoms with Crippen LogP contribution >= 0.6 is 0 Å². The van der Waals surface area contributed by atoms with Crippen LogP contribution in [-0.2, 0) is 9.53 Å². The Kier molecular flexibility index (Phi) is 5.84. The Morgan fingerprint density at radius 2 is 2.36 bits per heavy atom. The molecule has 3 heteroatoms. The van der Waals surface area contributed by atoms with Crippen LogP contribution in [-0.4, -0.2) is 18.6 Å². The molecule has 0 spiro atoms. The van der Waals surface area contributed by atoms with Crippen molar-refractivity contribution in [3.8, 4) is 0 Å². The van der Waals surface area contributed by atoms with E-state index in [-0.39, 0.29) is 5.97 Å². The monoisotopic (exact) mass is 158 g/mol. The SMILES string of the molecule is [CH2]CCCC(N)C(=O)OCC. The Morgan fingerprint density at radius 3 is 2.82 bits per heavy atom. The van der Waals surface area contributed by atoms with Crippen LogP contribution in [0.2, 0.25) is 0 Å². The van der Waals surface area contributed by atoms with Crippen molar-refractivity contribution < 1.29 is 9.53 Å². The minimum atomic E-state index is -0.461. The molecule has 0 aliphatic carbocycles. The van der Waals surface area contributed by atoms with Gasteiger partial charge in [-0.1, -0.05) is 19.8 Å². The topological polar surface area (TPSA) is 52.3 Å². The molecular weight excluding hydrogens is 142 g/mol. The molecule has 1 radical (unpaired) electrons. The van der Waals surface area contributed by atoms with E-state index in [4.69, 9.17) is 10.5 Å². The predicted octanol–water partition coefficient (Wildman–Crippen LogP) is 0.881. The second-order valence-corrected chi connectivity index (χ2v) is 2.35. The highest BCUT2D eigenvalue weighted by molar-refractivity contribution is 5.75. The molecule has 3 nitrogen and oxygen atoms in total. The average molecular weight is 158 g/mol. The highest BCUT2D eigenvalue weighted by Crippen LogP contribution is 1.99. The van der Waals surface area contributed by atoms with Crippen LogP contribution < -0.4 is 5.73 Å². The predicted molar refractivity (Wildman–Crippen MR) is 43.8 cm³/mol. The normalized spacial score (nSPS) is 12.6. The molecule has 1 atom stereocenters. The van der Waals surface area contributed by atoms with Gasteiger partial charge in [-0.15, -0.1) is 0 Å². The molecule has 0 aliphatic rings. The molecule has 11 heavy (non-hydrogen) atoms. The molecular formula is C8H16NO2. The lowest BCUT2D eigenvalue weighted by atomic mass is 10.1. The molecule has 0 heterocycles. The number of carbonyl (C=O) groups excluding carboxylic acids is 1. The van der Waals surface area contributed by atoms with Gasteiger partial charge < -0.3 is 10.5 Å². The molecule has 0 amide bonds. The van der Waals surface area contributed by atoms with E-state index in [2.05, 4.69) is 6.92 Å². The third kappa shape index (κ3) is 4.79. The summed E-state index contributed by atoms with van der Waals surface area (Å²) in [6.45, 7) is 5.82. The summed E-state index contributed by atoms with van der Waals surface area (Å²) in [4.78, 5) is 10.9. The van der Waals surface area contributed by atoms with Crippen molar-refractivity contribution in [2.24, 2.45) is 5.73 Å². The molecule has 0 rings (SSSR count). The molecule has 0 aromatic heterocycles.